The number of carbonyl (C=O) groups excluding carboxylic acids is 1. The number of rotatable bonds is 2. The molecule has 2 fully saturated rings. The second-order valence-electron chi connectivity index (χ2n) is 6.92. The van der Waals surface area contributed by atoms with Crippen molar-refractivity contribution >= 4 is 16.9 Å². The van der Waals surface area contributed by atoms with Gasteiger partial charge in [0.2, 0.25) is 0 Å². The molecule has 2 aromatic rings. The van der Waals surface area contributed by atoms with E-state index in [9.17, 15) is 19.5 Å². The van der Waals surface area contributed by atoms with Gasteiger partial charge in [-0.1, -0.05) is 0 Å². The summed E-state index contributed by atoms with van der Waals surface area (Å²) in [5.41, 5.74) is -0.704. The van der Waals surface area contributed by atoms with Crippen molar-refractivity contribution in [2.45, 2.75) is 31.4 Å². The number of aliphatic hydroxyl groups excluding tert-OH is 1. The van der Waals surface area contributed by atoms with E-state index >= 15 is 0 Å². The molecule has 9 nitrogen and oxygen atoms in total. The summed E-state index contributed by atoms with van der Waals surface area (Å²) < 4.78 is 0. The Kier molecular flexibility index (Phi) is 4.33. The zero-order valence-electron chi connectivity index (χ0n) is 14.3. The van der Waals surface area contributed by atoms with Gasteiger partial charge in [-0.05, 0) is 25.3 Å². The summed E-state index contributed by atoms with van der Waals surface area (Å²) in [5, 5.41) is 10.2. The third-order valence-corrected chi connectivity index (χ3v) is 5.35. The molecule has 3 N–H and O–H groups in total. The largest absolute Gasteiger partial charge is 0.391 e. The lowest BCUT2D eigenvalue weighted by atomic mass is 10.1. The van der Waals surface area contributed by atoms with Crippen molar-refractivity contribution < 1.29 is 9.90 Å². The van der Waals surface area contributed by atoms with E-state index in [4.69, 9.17) is 0 Å². The summed E-state index contributed by atoms with van der Waals surface area (Å²) in [6, 6.07) is 1.66. The van der Waals surface area contributed by atoms with Crippen LogP contribution in [0.25, 0.3) is 11.0 Å². The minimum Gasteiger partial charge on any atom is -0.391 e. The summed E-state index contributed by atoms with van der Waals surface area (Å²) in [7, 11) is 0. The van der Waals surface area contributed by atoms with Crippen LogP contribution in [0.4, 0.5) is 0 Å². The van der Waals surface area contributed by atoms with E-state index in [0.29, 0.717) is 18.7 Å². The fraction of sp³-hybridized carbons (Fsp3) is 0.529. The number of nitrogens with zero attached hydrogens (tertiary/aromatic N) is 3. The lowest BCUT2D eigenvalue weighted by molar-refractivity contribution is 0.0315. The van der Waals surface area contributed by atoms with Crippen molar-refractivity contribution in [3.63, 3.8) is 0 Å². The fourth-order valence-corrected chi connectivity index (χ4v) is 3.95. The molecule has 3 heterocycles. The van der Waals surface area contributed by atoms with Crippen molar-refractivity contribution in [2.24, 2.45) is 0 Å². The number of pyridine rings is 1. The first kappa shape index (κ1) is 16.9. The molecule has 1 saturated heterocycles. The third kappa shape index (κ3) is 3.04. The Morgan fingerprint density at radius 2 is 1.92 bits per heavy atom. The van der Waals surface area contributed by atoms with Gasteiger partial charge < -0.3 is 10.0 Å². The number of fused-ring (bicyclic) bond motifs is 1. The van der Waals surface area contributed by atoms with Crippen LogP contribution in [0.3, 0.4) is 0 Å². The van der Waals surface area contributed by atoms with Gasteiger partial charge in [-0.15, -0.1) is 0 Å². The second kappa shape index (κ2) is 6.65. The van der Waals surface area contributed by atoms with E-state index in [2.05, 4.69) is 19.9 Å². The number of aliphatic hydroxyl groups is 1. The maximum absolute atomic E-state index is 12.7. The van der Waals surface area contributed by atoms with Gasteiger partial charge in [0.1, 0.15) is 5.65 Å². The van der Waals surface area contributed by atoms with E-state index in [-0.39, 0.29) is 29.1 Å². The highest BCUT2D eigenvalue weighted by Crippen LogP contribution is 2.25. The van der Waals surface area contributed by atoms with Crippen molar-refractivity contribution in [1.29, 1.82) is 0 Å². The summed E-state index contributed by atoms with van der Waals surface area (Å²) in [5.74, 6) is -0.184. The quantitative estimate of drug-likeness (QED) is 0.651. The summed E-state index contributed by atoms with van der Waals surface area (Å²) in [4.78, 5) is 48.5. The molecule has 2 aliphatic rings. The van der Waals surface area contributed by atoms with Gasteiger partial charge in [-0.3, -0.25) is 24.5 Å². The molecule has 1 saturated carbocycles. The van der Waals surface area contributed by atoms with Gasteiger partial charge >= 0.3 is 5.69 Å². The monoisotopic (exact) mass is 359 g/mol. The van der Waals surface area contributed by atoms with Crippen LogP contribution in [0.1, 0.15) is 29.6 Å². The molecular formula is C17H21N5O4. The number of piperazine rings is 1. The number of H-pyrrole nitrogens is 2. The van der Waals surface area contributed by atoms with Crippen LogP contribution in [-0.2, 0) is 0 Å². The van der Waals surface area contributed by atoms with Crippen LogP contribution in [0.5, 0.6) is 0 Å². The summed E-state index contributed by atoms with van der Waals surface area (Å²) in [6.07, 6.45) is 4.02. The van der Waals surface area contributed by atoms with Gasteiger partial charge in [0.15, 0.2) is 0 Å². The van der Waals surface area contributed by atoms with Crippen LogP contribution in [0, 0.1) is 0 Å². The van der Waals surface area contributed by atoms with Gasteiger partial charge in [-0.25, -0.2) is 9.78 Å². The number of hydrogen-bond donors (Lipinski definition) is 3. The van der Waals surface area contributed by atoms with E-state index in [1.807, 2.05) is 0 Å². The zero-order chi connectivity index (χ0) is 18.3. The molecule has 0 spiro atoms. The molecule has 1 aliphatic heterocycles. The zero-order valence-corrected chi connectivity index (χ0v) is 14.3. The minimum atomic E-state index is -0.626. The topological polar surface area (TPSA) is 122 Å². The molecule has 2 aromatic heterocycles. The van der Waals surface area contributed by atoms with Crippen LogP contribution >= 0.6 is 0 Å². The average molecular weight is 359 g/mol. The first-order valence-corrected chi connectivity index (χ1v) is 8.86. The van der Waals surface area contributed by atoms with Gasteiger partial charge in [0, 0.05) is 38.4 Å². The smallest absolute Gasteiger partial charge is 0.327 e. The van der Waals surface area contributed by atoms with Crippen LogP contribution in [-0.4, -0.2) is 74.1 Å². The van der Waals surface area contributed by atoms with E-state index in [0.717, 1.165) is 32.4 Å². The molecule has 1 amide bonds. The molecule has 1 aliphatic carbocycles. The predicted octanol–water partition coefficient (Wildman–Crippen LogP) is -0.717. The summed E-state index contributed by atoms with van der Waals surface area (Å²) in [6.45, 7) is 2.59. The molecule has 2 atom stereocenters. The molecule has 4 rings (SSSR count). The first-order chi connectivity index (χ1) is 12.5. The van der Waals surface area contributed by atoms with E-state index < -0.39 is 11.2 Å². The highest BCUT2D eigenvalue weighted by Gasteiger charge is 2.33. The van der Waals surface area contributed by atoms with E-state index in [1.54, 1.807) is 4.90 Å². The SMILES string of the molecule is O=C(c1cnc2[nH]c(=O)[nH]c(=O)c2c1)N1CCN(C2CCCC2O)CC1. The van der Waals surface area contributed by atoms with Crippen LogP contribution in [0.15, 0.2) is 21.9 Å². The first-order valence-electron chi connectivity index (χ1n) is 8.86. The number of carbonyl (C=O) groups is 1. The Balaban J connectivity index is 1.49. The third-order valence-electron chi connectivity index (χ3n) is 5.35. The Morgan fingerprint density at radius 1 is 1.15 bits per heavy atom. The lowest BCUT2D eigenvalue weighted by Crippen LogP contribution is -2.53. The van der Waals surface area contributed by atoms with E-state index in [1.165, 1.54) is 12.3 Å². The Bertz CT molecular complexity index is 944. The van der Waals surface area contributed by atoms with Crippen molar-refractivity contribution in [3.05, 3.63) is 38.7 Å². The molecule has 0 aromatic carbocycles. The maximum atomic E-state index is 12.7. The maximum Gasteiger partial charge on any atom is 0.327 e. The highest BCUT2D eigenvalue weighted by atomic mass is 16.3. The van der Waals surface area contributed by atoms with Crippen LogP contribution < -0.4 is 11.2 Å². The second-order valence-corrected chi connectivity index (χ2v) is 6.92. The number of nitrogens with one attached hydrogen (secondary N) is 2. The van der Waals surface area contributed by atoms with Crippen molar-refractivity contribution in [3.8, 4) is 0 Å². The average Bonchev–Trinajstić information content (AvgIpc) is 3.07. The molecule has 138 valence electrons. The molecular weight excluding hydrogens is 338 g/mol. The number of aromatic amines is 2. The Labute approximate surface area is 148 Å². The lowest BCUT2D eigenvalue weighted by Gasteiger charge is -2.39. The predicted molar refractivity (Wildman–Crippen MR) is 94.1 cm³/mol. The molecule has 26 heavy (non-hydrogen) atoms. The van der Waals surface area contributed by atoms with Gasteiger partial charge in [0.05, 0.1) is 17.1 Å². The minimum absolute atomic E-state index is 0.162. The number of aromatic nitrogens is 3. The molecule has 2 unspecified atom stereocenters. The Hall–Kier alpha value is -2.52. The Morgan fingerprint density at radius 3 is 2.62 bits per heavy atom. The molecule has 0 radical (unpaired) electrons. The van der Waals surface area contributed by atoms with Gasteiger partial charge in [0.25, 0.3) is 11.5 Å². The number of hydrogen-bond acceptors (Lipinski definition) is 6. The van der Waals surface area contributed by atoms with Crippen molar-refractivity contribution in [1.82, 2.24) is 24.8 Å². The standard InChI is InChI=1S/C17H21N5O4/c23-13-3-1-2-12(13)21-4-6-22(7-5-21)16(25)10-8-11-14(18-9-10)19-17(26)20-15(11)24/h8-9,12-13,23H,1-7H2,(H2,18,19,20,24,26). The normalized spacial score (nSPS) is 24.3. The fourth-order valence-electron chi connectivity index (χ4n) is 3.95. The van der Waals surface area contributed by atoms with Crippen LogP contribution in [0.2, 0.25) is 0 Å². The molecule has 9 heteroatoms. The number of amides is 1. The van der Waals surface area contributed by atoms with Gasteiger partial charge in [-0.2, -0.15) is 0 Å². The molecule has 0 bridgehead atoms. The summed E-state index contributed by atoms with van der Waals surface area (Å²) >= 11 is 0. The highest BCUT2D eigenvalue weighted by molar-refractivity contribution is 5.96. The van der Waals surface area contributed by atoms with Crippen molar-refractivity contribution in [2.75, 3.05) is 26.2 Å².